The molecule has 0 aliphatic rings. The number of hydrogen-bond acceptors (Lipinski definition) is 7. The Kier molecular flexibility index (Phi) is 6.80. The highest BCUT2D eigenvalue weighted by atomic mass is 16.6. The van der Waals surface area contributed by atoms with Gasteiger partial charge in [-0.2, -0.15) is 4.98 Å². The number of aliphatic hydroxyl groups excluding tert-OH is 1. The molecule has 8 nitrogen and oxygen atoms in total. The van der Waals surface area contributed by atoms with Crippen LogP contribution in [0, 0.1) is 17.0 Å². The first-order chi connectivity index (χ1) is 9.99. The molecule has 0 fully saturated rings. The van der Waals surface area contributed by atoms with E-state index < -0.39 is 11.0 Å². The van der Waals surface area contributed by atoms with E-state index in [2.05, 4.69) is 20.6 Å². The Bertz CT molecular complexity index is 481. The van der Waals surface area contributed by atoms with Crippen LogP contribution in [0.3, 0.4) is 0 Å². The molecule has 21 heavy (non-hydrogen) atoms. The molecule has 0 saturated carbocycles. The largest absolute Gasteiger partial charge is 0.391 e. The van der Waals surface area contributed by atoms with Crippen molar-refractivity contribution in [1.82, 2.24) is 9.97 Å². The second-order valence-corrected chi connectivity index (χ2v) is 4.84. The first kappa shape index (κ1) is 17.1. The van der Waals surface area contributed by atoms with Gasteiger partial charge in [-0.3, -0.25) is 10.1 Å². The van der Waals surface area contributed by atoms with Crippen molar-refractivity contribution >= 4 is 17.5 Å². The summed E-state index contributed by atoms with van der Waals surface area (Å²) in [5, 5.41) is 26.7. The summed E-state index contributed by atoms with van der Waals surface area (Å²) in [5.41, 5.74) is 0.141. The summed E-state index contributed by atoms with van der Waals surface area (Å²) in [6, 6.07) is 0. The van der Waals surface area contributed by atoms with Gasteiger partial charge in [0.15, 0.2) is 0 Å². The first-order valence-corrected chi connectivity index (χ1v) is 7.18. The molecule has 0 radical (unpaired) electrons. The van der Waals surface area contributed by atoms with Gasteiger partial charge in [-0.25, -0.2) is 4.98 Å². The van der Waals surface area contributed by atoms with Crippen molar-refractivity contribution in [2.24, 2.45) is 0 Å². The maximum absolute atomic E-state index is 11.1. The van der Waals surface area contributed by atoms with Crippen LogP contribution >= 0.6 is 0 Å². The van der Waals surface area contributed by atoms with Gasteiger partial charge in [0, 0.05) is 13.1 Å². The number of nitrogens with zero attached hydrogens (tertiary/aromatic N) is 3. The van der Waals surface area contributed by atoms with Crippen LogP contribution in [0.5, 0.6) is 0 Å². The van der Waals surface area contributed by atoms with Crippen molar-refractivity contribution in [1.29, 1.82) is 0 Å². The molecule has 0 bridgehead atoms. The van der Waals surface area contributed by atoms with E-state index in [1.165, 1.54) is 0 Å². The van der Waals surface area contributed by atoms with Gasteiger partial charge in [0.1, 0.15) is 5.69 Å². The van der Waals surface area contributed by atoms with Gasteiger partial charge in [-0.15, -0.1) is 0 Å². The van der Waals surface area contributed by atoms with Gasteiger partial charge < -0.3 is 15.7 Å². The van der Waals surface area contributed by atoms with Crippen LogP contribution in [-0.4, -0.2) is 39.2 Å². The predicted octanol–water partition coefficient (Wildman–Crippen LogP) is 2.09. The number of aliphatic hydroxyl groups is 1. The summed E-state index contributed by atoms with van der Waals surface area (Å²) in [6.45, 7) is 6.46. The van der Waals surface area contributed by atoms with Crippen molar-refractivity contribution < 1.29 is 10.0 Å². The number of nitro groups is 1. The Hall–Kier alpha value is -1.96. The second-order valence-electron chi connectivity index (χ2n) is 4.84. The molecule has 0 saturated heterocycles. The average molecular weight is 297 g/mol. The van der Waals surface area contributed by atoms with Crippen molar-refractivity contribution in [2.75, 3.05) is 23.7 Å². The van der Waals surface area contributed by atoms with Crippen LogP contribution in [0.25, 0.3) is 0 Å². The lowest BCUT2D eigenvalue weighted by Crippen LogP contribution is -2.21. The molecule has 0 amide bonds. The summed E-state index contributed by atoms with van der Waals surface area (Å²) in [4.78, 5) is 18.9. The van der Waals surface area contributed by atoms with Crippen molar-refractivity contribution in [3.8, 4) is 0 Å². The van der Waals surface area contributed by atoms with Gasteiger partial charge >= 0.3 is 5.69 Å². The lowest BCUT2D eigenvalue weighted by molar-refractivity contribution is -0.385. The minimum atomic E-state index is -0.558. The Labute approximate surface area is 124 Å². The quantitative estimate of drug-likeness (QED) is 0.472. The molecule has 1 atom stereocenters. The van der Waals surface area contributed by atoms with Gasteiger partial charge in [-0.05, 0) is 19.8 Å². The van der Waals surface area contributed by atoms with Crippen LogP contribution < -0.4 is 10.6 Å². The monoisotopic (exact) mass is 297 g/mol. The van der Waals surface area contributed by atoms with E-state index in [0.717, 1.165) is 12.8 Å². The molecule has 1 aromatic heterocycles. The first-order valence-electron chi connectivity index (χ1n) is 7.18. The van der Waals surface area contributed by atoms with Crippen LogP contribution in [0.2, 0.25) is 0 Å². The van der Waals surface area contributed by atoms with Crippen LogP contribution in [0.4, 0.5) is 17.5 Å². The molecule has 0 aliphatic carbocycles. The Morgan fingerprint density at radius 2 is 2.00 bits per heavy atom. The average Bonchev–Trinajstić information content (AvgIpc) is 2.42. The Morgan fingerprint density at radius 3 is 2.57 bits per heavy atom. The third kappa shape index (κ3) is 5.14. The van der Waals surface area contributed by atoms with Crippen LogP contribution in [0.15, 0.2) is 0 Å². The summed E-state index contributed by atoms with van der Waals surface area (Å²) in [5.74, 6) is 0.494. The predicted molar refractivity (Wildman–Crippen MR) is 81.6 cm³/mol. The molecule has 0 aliphatic heterocycles. The molecule has 118 valence electrons. The molecule has 1 aromatic rings. The third-order valence-corrected chi connectivity index (χ3v) is 2.90. The van der Waals surface area contributed by atoms with E-state index in [9.17, 15) is 15.2 Å². The normalized spacial score (nSPS) is 12.0. The minimum absolute atomic E-state index is 0.140. The molecule has 1 unspecified atom stereocenters. The summed E-state index contributed by atoms with van der Waals surface area (Å²) >= 11 is 0. The van der Waals surface area contributed by atoms with E-state index in [-0.39, 0.29) is 18.1 Å². The SMILES string of the molecule is CCCNc1nc(C)c([N+](=O)[O-])c(NCC(O)CCC)n1. The smallest absolute Gasteiger partial charge is 0.332 e. The molecule has 8 heteroatoms. The number of hydrogen-bond donors (Lipinski definition) is 3. The third-order valence-electron chi connectivity index (χ3n) is 2.90. The highest BCUT2D eigenvalue weighted by Crippen LogP contribution is 2.26. The second kappa shape index (κ2) is 8.35. The zero-order chi connectivity index (χ0) is 15.8. The van der Waals surface area contributed by atoms with Gasteiger partial charge in [0.25, 0.3) is 0 Å². The van der Waals surface area contributed by atoms with E-state index in [0.29, 0.717) is 24.6 Å². The van der Waals surface area contributed by atoms with Crippen molar-refractivity contribution in [3.05, 3.63) is 15.8 Å². The van der Waals surface area contributed by atoms with Gasteiger partial charge in [-0.1, -0.05) is 20.3 Å². The number of nitrogens with one attached hydrogen (secondary N) is 2. The number of aryl methyl sites for hydroxylation is 1. The highest BCUT2D eigenvalue weighted by Gasteiger charge is 2.22. The van der Waals surface area contributed by atoms with E-state index >= 15 is 0 Å². The fraction of sp³-hybridized carbons (Fsp3) is 0.692. The van der Waals surface area contributed by atoms with Crippen molar-refractivity contribution in [2.45, 2.75) is 46.1 Å². The van der Waals surface area contributed by atoms with Crippen LogP contribution in [0.1, 0.15) is 38.8 Å². The summed E-state index contributed by atoms with van der Waals surface area (Å²) < 4.78 is 0. The maximum Gasteiger partial charge on any atom is 0.332 e. The van der Waals surface area contributed by atoms with Gasteiger partial charge in [0.05, 0.1) is 11.0 Å². The van der Waals surface area contributed by atoms with E-state index in [1.54, 1.807) is 6.92 Å². The number of anilines is 2. The number of aromatic nitrogens is 2. The molecule has 1 rings (SSSR count). The highest BCUT2D eigenvalue weighted by molar-refractivity contribution is 5.60. The lowest BCUT2D eigenvalue weighted by Gasteiger charge is -2.13. The lowest BCUT2D eigenvalue weighted by atomic mass is 10.2. The molecule has 0 aromatic carbocycles. The van der Waals surface area contributed by atoms with Crippen molar-refractivity contribution in [3.63, 3.8) is 0 Å². The molecule has 1 heterocycles. The topological polar surface area (TPSA) is 113 Å². The summed E-state index contributed by atoms with van der Waals surface area (Å²) in [7, 11) is 0. The zero-order valence-corrected chi connectivity index (χ0v) is 12.7. The molecule has 0 spiro atoms. The maximum atomic E-state index is 11.1. The fourth-order valence-electron chi connectivity index (χ4n) is 1.87. The Balaban J connectivity index is 2.95. The standard InChI is InChI=1S/C13H23N5O3/c1-4-6-10(19)8-15-12-11(18(20)21)9(3)16-13(17-12)14-7-5-2/h10,19H,4-8H2,1-3H3,(H2,14,15,16,17). The van der Waals surface area contributed by atoms with E-state index in [4.69, 9.17) is 0 Å². The Morgan fingerprint density at radius 1 is 1.29 bits per heavy atom. The summed E-state index contributed by atoms with van der Waals surface area (Å²) in [6.07, 6.45) is 1.82. The van der Waals surface area contributed by atoms with Crippen LogP contribution in [-0.2, 0) is 0 Å². The zero-order valence-electron chi connectivity index (χ0n) is 12.7. The molecular weight excluding hydrogens is 274 g/mol. The number of rotatable bonds is 9. The van der Waals surface area contributed by atoms with Gasteiger partial charge in [0.2, 0.25) is 11.8 Å². The van der Waals surface area contributed by atoms with E-state index in [1.807, 2.05) is 13.8 Å². The molecule has 3 N–H and O–H groups in total. The fourth-order valence-corrected chi connectivity index (χ4v) is 1.87. The molecular formula is C13H23N5O3. The minimum Gasteiger partial charge on any atom is -0.391 e.